The van der Waals surface area contributed by atoms with Gasteiger partial charge in [-0.05, 0) is 45.4 Å². The second kappa shape index (κ2) is 7.78. The van der Waals surface area contributed by atoms with Crippen molar-refractivity contribution in [2.75, 3.05) is 6.54 Å². The van der Waals surface area contributed by atoms with Crippen LogP contribution in [0.4, 0.5) is 0 Å². The topological polar surface area (TPSA) is 70.2 Å². The van der Waals surface area contributed by atoms with Crippen LogP contribution in [0.1, 0.15) is 58.8 Å². The zero-order chi connectivity index (χ0) is 15.2. The Kier molecular flexibility index (Phi) is 6.03. The van der Waals surface area contributed by atoms with Crippen LogP contribution in [0.15, 0.2) is 0 Å². The maximum Gasteiger partial charge on any atom is 0.237 e. The SMILES string of the molecule is CC(C)NC(=O)CCNC(=O)C1CCC2CCCCC2N1. The molecule has 3 unspecified atom stereocenters. The lowest BCUT2D eigenvalue weighted by molar-refractivity contribution is -0.125. The summed E-state index contributed by atoms with van der Waals surface area (Å²) in [5, 5.41) is 9.23. The first-order chi connectivity index (χ1) is 10.1. The minimum absolute atomic E-state index is 0.00533. The molecular weight excluding hydrogens is 266 g/mol. The second-order valence-corrected chi connectivity index (χ2v) is 6.71. The lowest BCUT2D eigenvalue weighted by atomic mass is 9.77. The molecule has 0 radical (unpaired) electrons. The lowest BCUT2D eigenvalue weighted by Gasteiger charge is -2.39. The largest absolute Gasteiger partial charge is 0.354 e. The highest BCUT2D eigenvalue weighted by Gasteiger charge is 2.34. The van der Waals surface area contributed by atoms with Crippen LogP contribution in [0.25, 0.3) is 0 Å². The molecular formula is C16H29N3O2. The van der Waals surface area contributed by atoms with Gasteiger partial charge < -0.3 is 16.0 Å². The molecule has 2 rings (SSSR count). The molecule has 2 fully saturated rings. The summed E-state index contributed by atoms with van der Waals surface area (Å²) < 4.78 is 0. The van der Waals surface area contributed by atoms with Crippen molar-refractivity contribution in [2.24, 2.45) is 5.92 Å². The average molecular weight is 295 g/mol. The Hall–Kier alpha value is -1.10. The standard InChI is InChI=1S/C16H29N3O2/c1-11(2)18-15(20)9-10-17-16(21)14-8-7-12-5-3-4-6-13(12)19-14/h11-14,19H,3-10H2,1-2H3,(H,17,21)(H,18,20). The first-order valence-corrected chi connectivity index (χ1v) is 8.39. The van der Waals surface area contributed by atoms with Gasteiger partial charge in [0, 0.05) is 25.0 Å². The van der Waals surface area contributed by atoms with Crippen LogP contribution >= 0.6 is 0 Å². The summed E-state index contributed by atoms with van der Waals surface area (Å²) >= 11 is 0. The Morgan fingerprint density at radius 2 is 1.90 bits per heavy atom. The van der Waals surface area contributed by atoms with Crippen molar-refractivity contribution in [1.82, 2.24) is 16.0 Å². The Morgan fingerprint density at radius 3 is 2.67 bits per heavy atom. The first-order valence-electron chi connectivity index (χ1n) is 8.39. The molecule has 3 atom stereocenters. The molecule has 1 heterocycles. The van der Waals surface area contributed by atoms with Gasteiger partial charge in [-0.3, -0.25) is 9.59 Å². The minimum Gasteiger partial charge on any atom is -0.354 e. The highest BCUT2D eigenvalue weighted by atomic mass is 16.2. The van der Waals surface area contributed by atoms with Crippen LogP contribution in [0.3, 0.4) is 0 Å². The van der Waals surface area contributed by atoms with Crippen molar-refractivity contribution in [1.29, 1.82) is 0 Å². The van der Waals surface area contributed by atoms with E-state index in [4.69, 9.17) is 0 Å². The molecule has 0 bridgehead atoms. The zero-order valence-electron chi connectivity index (χ0n) is 13.3. The molecule has 2 amide bonds. The van der Waals surface area contributed by atoms with Crippen LogP contribution in [-0.4, -0.2) is 36.5 Å². The number of fused-ring (bicyclic) bond motifs is 1. The number of carbonyl (C=O) groups excluding carboxylic acids is 2. The zero-order valence-corrected chi connectivity index (χ0v) is 13.3. The molecule has 5 nitrogen and oxygen atoms in total. The van der Waals surface area contributed by atoms with Crippen LogP contribution in [0.2, 0.25) is 0 Å². The van der Waals surface area contributed by atoms with Crippen molar-refractivity contribution < 1.29 is 9.59 Å². The van der Waals surface area contributed by atoms with Gasteiger partial charge in [0.05, 0.1) is 6.04 Å². The molecule has 5 heteroatoms. The summed E-state index contributed by atoms with van der Waals surface area (Å²) in [5.74, 6) is 0.810. The summed E-state index contributed by atoms with van der Waals surface area (Å²) in [6, 6.07) is 0.599. The van der Waals surface area contributed by atoms with Gasteiger partial charge in [0.25, 0.3) is 0 Å². The first kappa shape index (κ1) is 16.3. The van der Waals surface area contributed by atoms with Gasteiger partial charge in [0.2, 0.25) is 11.8 Å². The molecule has 2 aliphatic rings. The van der Waals surface area contributed by atoms with E-state index in [1.807, 2.05) is 13.8 Å². The number of hydrogen-bond donors (Lipinski definition) is 3. The van der Waals surface area contributed by atoms with E-state index in [1.165, 1.54) is 25.7 Å². The van der Waals surface area contributed by atoms with E-state index in [0.29, 0.717) is 19.0 Å². The normalized spacial score (nSPS) is 28.8. The maximum absolute atomic E-state index is 12.2. The third kappa shape index (κ3) is 4.99. The van der Waals surface area contributed by atoms with E-state index in [1.54, 1.807) is 0 Å². The molecule has 1 saturated carbocycles. The fourth-order valence-electron chi connectivity index (χ4n) is 3.52. The second-order valence-electron chi connectivity index (χ2n) is 6.71. The van der Waals surface area contributed by atoms with E-state index in [9.17, 15) is 9.59 Å². The van der Waals surface area contributed by atoms with Gasteiger partial charge in [-0.15, -0.1) is 0 Å². The number of hydrogen-bond acceptors (Lipinski definition) is 3. The van der Waals surface area contributed by atoms with E-state index in [-0.39, 0.29) is 23.9 Å². The van der Waals surface area contributed by atoms with Crippen LogP contribution in [0.5, 0.6) is 0 Å². The Labute approximate surface area is 127 Å². The fraction of sp³-hybridized carbons (Fsp3) is 0.875. The van der Waals surface area contributed by atoms with Crippen molar-refractivity contribution in [3.8, 4) is 0 Å². The van der Waals surface area contributed by atoms with E-state index >= 15 is 0 Å². The van der Waals surface area contributed by atoms with Gasteiger partial charge >= 0.3 is 0 Å². The summed E-state index contributed by atoms with van der Waals surface area (Å²) in [5.41, 5.74) is 0. The van der Waals surface area contributed by atoms with Crippen LogP contribution in [-0.2, 0) is 9.59 Å². The number of piperidine rings is 1. The summed E-state index contributed by atoms with van der Waals surface area (Å²) in [6.07, 6.45) is 7.55. The van der Waals surface area contributed by atoms with Crippen LogP contribution in [0, 0.1) is 5.92 Å². The van der Waals surface area contributed by atoms with Crippen molar-refractivity contribution >= 4 is 11.8 Å². The van der Waals surface area contributed by atoms with E-state index < -0.39 is 0 Å². The molecule has 1 saturated heterocycles. The maximum atomic E-state index is 12.2. The third-order valence-corrected chi connectivity index (χ3v) is 4.57. The van der Waals surface area contributed by atoms with E-state index in [0.717, 1.165) is 18.8 Å². The van der Waals surface area contributed by atoms with E-state index in [2.05, 4.69) is 16.0 Å². The van der Waals surface area contributed by atoms with Gasteiger partial charge in [-0.25, -0.2) is 0 Å². The Balaban J connectivity index is 1.68. The summed E-state index contributed by atoms with van der Waals surface area (Å²) in [7, 11) is 0. The highest BCUT2D eigenvalue weighted by molar-refractivity contribution is 5.83. The van der Waals surface area contributed by atoms with Crippen molar-refractivity contribution in [2.45, 2.75) is 76.9 Å². The lowest BCUT2D eigenvalue weighted by Crippen LogP contribution is -2.55. The number of rotatable bonds is 5. The predicted octanol–water partition coefficient (Wildman–Crippen LogP) is 1.33. The molecule has 0 aromatic carbocycles. The Morgan fingerprint density at radius 1 is 1.14 bits per heavy atom. The van der Waals surface area contributed by atoms with Gasteiger partial charge in [0.15, 0.2) is 0 Å². The molecule has 0 spiro atoms. The fourth-order valence-corrected chi connectivity index (χ4v) is 3.52. The van der Waals surface area contributed by atoms with Crippen molar-refractivity contribution in [3.63, 3.8) is 0 Å². The molecule has 1 aliphatic carbocycles. The quantitative estimate of drug-likeness (QED) is 0.716. The highest BCUT2D eigenvalue weighted by Crippen LogP contribution is 2.32. The number of carbonyl (C=O) groups is 2. The summed E-state index contributed by atoms with van der Waals surface area (Å²) in [6.45, 7) is 4.29. The molecule has 120 valence electrons. The van der Waals surface area contributed by atoms with Crippen LogP contribution < -0.4 is 16.0 Å². The van der Waals surface area contributed by atoms with Crippen molar-refractivity contribution in [3.05, 3.63) is 0 Å². The van der Waals surface area contributed by atoms with Gasteiger partial charge in [-0.1, -0.05) is 12.8 Å². The summed E-state index contributed by atoms with van der Waals surface area (Å²) in [4.78, 5) is 23.7. The Bertz CT molecular complexity index is 371. The minimum atomic E-state index is -0.0718. The third-order valence-electron chi connectivity index (χ3n) is 4.57. The average Bonchev–Trinajstić information content (AvgIpc) is 2.45. The molecule has 1 aliphatic heterocycles. The number of amides is 2. The smallest absolute Gasteiger partial charge is 0.237 e. The molecule has 3 N–H and O–H groups in total. The number of nitrogens with one attached hydrogen (secondary N) is 3. The molecule has 21 heavy (non-hydrogen) atoms. The molecule has 0 aromatic heterocycles. The van der Waals surface area contributed by atoms with Gasteiger partial charge in [-0.2, -0.15) is 0 Å². The van der Waals surface area contributed by atoms with Gasteiger partial charge in [0.1, 0.15) is 0 Å². The monoisotopic (exact) mass is 295 g/mol. The predicted molar refractivity (Wildman–Crippen MR) is 82.8 cm³/mol. The molecule has 0 aromatic rings.